The summed E-state index contributed by atoms with van der Waals surface area (Å²) in [5.74, 6) is -0.467. The summed E-state index contributed by atoms with van der Waals surface area (Å²) in [6, 6.07) is -0.696. The van der Waals surface area contributed by atoms with Crippen LogP contribution >= 0.6 is 0 Å². The second-order valence-electron chi connectivity index (χ2n) is 18.6. The van der Waals surface area contributed by atoms with E-state index in [1.165, 1.54) is 193 Å². The second-order valence-corrected chi connectivity index (χ2v) is 18.6. The first-order valence-corrected chi connectivity index (χ1v) is 26.9. The average Bonchev–Trinajstić information content (AvgIpc) is 3.24. The van der Waals surface area contributed by atoms with E-state index < -0.39 is 18.2 Å². The van der Waals surface area contributed by atoms with Gasteiger partial charge in [0.05, 0.1) is 25.2 Å². The van der Waals surface area contributed by atoms with E-state index in [-0.39, 0.29) is 24.9 Å². The minimum atomic E-state index is -0.783. The summed E-state index contributed by atoms with van der Waals surface area (Å²) >= 11 is 0. The van der Waals surface area contributed by atoms with Crippen molar-refractivity contribution in [3.05, 3.63) is 12.2 Å². The Bertz CT molecular complexity index is 909. The van der Waals surface area contributed by atoms with E-state index in [0.717, 1.165) is 57.8 Å². The molecule has 0 aliphatic rings. The van der Waals surface area contributed by atoms with Gasteiger partial charge in [-0.2, -0.15) is 0 Å². The fourth-order valence-corrected chi connectivity index (χ4v) is 8.49. The lowest BCUT2D eigenvalue weighted by Gasteiger charge is -2.24. The van der Waals surface area contributed by atoms with Crippen LogP contribution in [0.25, 0.3) is 0 Å². The molecule has 0 aromatic heterocycles. The Hall–Kier alpha value is -1.40. The third-order valence-corrected chi connectivity index (χ3v) is 12.6. The number of carbonyl (C=O) groups is 2. The Morgan fingerprint density at radius 2 is 0.833 bits per heavy atom. The van der Waals surface area contributed by atoms with Crippen LogP contribution in [0, 0.1) is 0 Å². The molecule has 356 valence electrons. The Balaban J connectivity index is 4.48. The smallest absolute Gasteiger partial charge is 0.306 e. The van der Waals surface area contributed by atoms with Crippen molar-refractivity contribution in [2.75, 3.05) is 6.61 Å². The fourth-order valence-electron chi connectivity index (χ4n) is 8.49. The Labute approximate surface area is 374 Å². The summed E-state index contributed by atoms with van der Waals surface area (Å²) in [6.45, 7) is 6.46. The van der Waals surface area contributed by atoms with Crippen LogP contribution in [0.3, 0.4) is 0 Å². The third-order valence-electron chi connectivity index (χ3n) is 12.6. The van der Waals surface area contributed by atoms with Gasteiger partial charge in [0.15, 0.2) is 0 Å². The predicted octanol–water partition coefficient (Wildman–Crippen LogP) is 16.1. The molecule has 1 amide bonds. The number of hydrogen-bond donors (Lipinski definition) is 3. The van der Waals surface area contributed by atoms with Crippen molar-refractivity contribution in [2.45, 2.75) is 315 Å². The molecule has 0 aliphatic heterocycles. The first-order valence-electron chi connectivity index (χ1n) is 26.9. The number of rotatable bonds is 49. The van der Waals surface area contributed by atoms with Crippen LogP contribution in [-0.4, -0.2) is 46.9 Å². The van der Waals surface area contributed by atoms with Gasteiger partial charge in [0, 0.05) is 6.42 Å². The van der Waals surface area contributed by atoms with Crippen molar-refractivity contribution >= 4 is 11.9 Å². The van der Waals surface area contributed by atoms with Crippen LogP contribution in [-0.2, 0) is 14.3 Å². The van der Waals surface area contributed by atoms with Gasteiger partial charge in [0.2, 0.25) is 5.91 Å². The number of ether oxygens (including phenoxy) is 1. The van der Waals surface area contributed by atoms with Crippen LogP contribution in [0.1, 0.15) is 297 Å². The summed E-state index contributed by atoms with van der Waals surface area (Å²) in [5, 5.41) is 23.8. The molecule has 3 atom stereocenters. The van der Waals surface area contributed by atoms with Gasteiger partial charge in [0.25, 0.3) is 0 Å². The summed E-state index contributed by atoms with van der Waals surface area (Å²) < 4.78 is 5.93. The molecule has 60 heavy (non-hydrogen) atoms. The van der Waals surface area contributed by atoms with E-state index in [9.17, 15) is 19.8 Å². The van der Waals surface area contributed by atoms with Crippen LogP contribution < -0.4 is 5.32 Å². The first-order chi connectivity index (χ1) is 29.5. The van der Waals surface area contributed by atoms with Gasteiger partial charge in [0.1, 0.15) is 6.10 Å². The number of esters is 1. The van der Waals surface area contributed by atoms with Gasteiger partial charge >= 0.3 is 5.97 Å². The molecule has 0 aromatic rings. The van der Waals surface area contributed by atoms with Crippen molar-refractivity contribution < 1.29 is 24.5 Å². The maximum Gasteiger partial charge on any atom is 0.306 e. The number of aliphatic hydroxyl groups is 2. The molecule has 0 heterocycles. The lowest BCUT2D eigenvalue weighted by atomic mass is 10.0. The zero-order valence-corrected chi connectivity index (χ0v) is 40.6. The number of carbonyl (C=O) groups excluding carboxylic acids is 2. The van der Waals surface area contributed by atoms with Crippen molar-refractivity contribution in [2.24, 2.45) is 0 Å². The molecule has 0 fully saturated rings. The Morgan fingerprint density at radius 3 is 1.25 bits per heavy atom. The lowest BCUT2D eigenvalue weighted by molar-refractivity contribution is -0.151. The van der Waals surface area contributed by atoms with E-state index in [1.807, 2.05) is 0 Å². The molecule has 0 radical (unpaired) electrons. The number of nitrogens with one attached hydrogen (secondary N) is 1. The lowest BCUT2D eigenvalue weighted by Crippen LogP contribution is -2.46. The Morgan fingerprint density at radius 1 is 0.467 bits per heavy atom. The third kappa shape index (κ3) is 43.3. The van der Waals surface area contributed by atoms with E-state index in [0.29, 0.717) is 19.3 Å². The van der Waals surface area contributed by atoms with Gasteiger partial charge in [-0.05, 0) is 44.9 Å². The summed E-state index contributed by atoms with van der Waals surface area (Å²) in [4.78, 5) is 26.1. The molecular weight excluding hydrogens is 743 g/mol. The van der Waals surface area contributed by atoms with E-state index in [2.05, 4.69) is 38.2 Å². The maximum absolute atomic E-state index is 13.2. The number of allylic oxidation sites excluding steroid dienone is 2. The zero-order valence-electron chi connectivity index (χ0n) is 40.6. The largest absolute Gasteiger partial charge is 0.462 e. The molecule has 3 unspecified atom stereocenters. The fraction of sp³-hybridized carbons (Fsp3) is 0.926. The van der Waals surface area contributed by atoms with Crippen molar-refractivity contribution in [3.63, 3.8) is 0 Å². The van der Waals surface area contributed by atoms with Crippen molar-refractivity contribution in [1.82, 2.24) is 5.32 Å². The van der Waals surface area contributed by atoms with Gasteiger partial charge in [-0.1, -0.05) is 251 Å². The normalized spacial score (nSPS) is 13.2. The SMILES string of the molecule is CCC/C=C\CCCCCCCC(=O)OC(CCCCCCCCCCCCCCCCCC)CC(=O)NC(CO)C(O)CCCCCCCCCCCCCCCCC. The van der Waals surface area contributed by atoms with E-state index in [4.69, 9.17) is 4.74 Å². The van der Waals surface area contributed by atoms with Crippen LogP contribution in [0.2, 0.25) is 0 Å². The molecule has 0 aromatic carbocycles. The molecule has 3 N–H and O–H groups in total. The quantitative estimate of drug-likeness (QED) is 0.0322. The van der Waals surface area contributed by atoms with Gasteiger partial charge in [-0.15, -0.1) is 0 Å². The predicted molar refractivity (Wildman–Crippen MR) is 260 cm³/mol. The highest BCUT2D eigenvalue weighted by Crippen LogP contribution is 2.19. The highest BCUT2D eigenvalue weighted by Gasteiger charge is 2.24. The topological polar surface area (TPSA) is 95.9 Å². The van der Waals surface area contributed by atoms with Crippen LogP contribution in [0.15, 0.2) is 12.2 Å². The molecule has 0 bridgehead atoms. The molecule has 6 heteroatoms. The average molecular weight is 848 g/mol. The molecule has 0 saturated heterocycles. The van der Waals surface area contributed by atoms with Gasteiger partial charge < -0.3 is 20.3 Å². The number of amides is 1. The zero-order chi connectivity index (χ0) is 43.8. The summed E-state index contributed by atoms with van der Waals surface area (Å²) in [5.41, 5.74) is 0. The molecule has 0 rings (SSSR count). The van der Waals surface area contributed by atoms with E-state index >= 15 is 0 Å². The van der Waals surface area contributed by atoms with Crippen molar-refractivity contribution in [1.29, 1.82) is 0 Å². The minimum absolute atomic E-state index is 0.0816. The summed E-state index contributed by atoms with van der Waals surface area (Å²) in [6.07, 6.45) is 54.2. The monoisotopic (exact) mass is 848 g/mol. The number of hydrogen-bond acceptors (Lipinski definition) is 5. The molecule has 0 aliphatic carbocycles. The second kappa shape index (κ2) is 48.6. The maximum atomic E-state index is 13.2. The molecule has 6 nitrogen and oxygen atoms in total. The van der Waals surface area contributed by atoms with Gasteiger partial charge in [-0.3, -0.25) is 9.59 Å². The molecule has 0 saturated carbocycles. The standard InChI is InChI=1S/C54H105NO5/c1-4-7-10-13-16-19-22-24-26-28-29-31-33-36-39-42-45-50(60-54(59)47-44-41-38-35-21-18-15-12-9-6-3)48-53(58)55-51(49-56)52(57)46-43-40-37-34-32-30-27-25-23-20-17-14-11-8-5-2/h12,15,50-52,56-57H,4-11,13-14,16-49H2,1-3H3,(H,55,58)/b15-12-. The van der Waals surface area contributed by atoms with E-state index in [1.54, 1.807) is 0 Å². The molecular formula is C54H105NO5. The van der Waals surface area contributed by atoms with Crippen LogP contribution in [0.5, 0.6) is 0 Å². The van der Waals surface area contributed by atoms with Crippen LogP contribution in [0.4, 0.5) is 0 Å². The molecule has 0 spiro atoms. The number of aliphatic hydroxyl groups excluding tert-OH is 2. The highest BCUT2D eigenvalue weighted by molar-refractivity contribution is 5.77. The van der Waals surface area contributed by atoms with Crippen molar-refractivity contribution in [3.8, 4) is 0 Å². The minimum Gasteiger partial charge on any atom is -0.462 e. The summed E-state index contributed by atoms with van der Waals surface area (Å²) in [7, 11) is 0. The highest BCUT2D eigenvalue weighted by atomic mass is 16.5. The first kappa shape index (κ1) is 58.6. The number of unbranched alkanes of at least 4 members (excludes halogenated alkanes) is 35. The Kier molecular flexibility index (Phi) is 47.5. The van der Waals surface area contributed by atoms with Gasteiger partial charge in [-0.25, -0.2) is 0 Å².